The van der Waals surface area contributed by atoms with Gasteiger partial charge in [0.25, 0.3) is 0 Å². The van der Waals surface area contributed by atoms with Crippen molar-refractivity contribution in [1.29, 1.82) is 0 Å². The molecule has 3 rings (SSSR count). The van der Waals surface area contributed by atoms with E-state index in [0.717, 1.165) is 0 Å². The second-order valence-corrected chi connectivity index (χ2v) is 5.56. The minimum Gasteiger partial charge on any atom is -0.481 e. The van der Waals surface area contributed by atoms with Crippen LogP contribution in [0.3, 0.4) is 0 Å². The van der Waals surface area contributed by atoms with Crippen LogP contribution >= 0.6 is 11.6 Å². The summed E-state index contributed by atoms with van der Waals surface area (Å²) in [5.41, 5.74) is 1.35. The fourth-order valence-electron chi connectivity index (χ4n) is 2.43. The summed E-state index contributed by atoms with van der Waals surface area (Å²) in [6.07, 6.45) is -0.200. The van der Waals surface area contributed by atoms with Crippen molar-refractivity contribution in [2.24, 2.45) is 0 Å². The van der Waals surface area contributed by atoms with Crippen LogP contribution in [0.2, 0.25) is 5.02 Å². The van der Waals surface area contributed by atoms with Gasteiger partial charge in [0, 0.05) is 17.7 Å². The van der Waals surface area contributed by atoms with Gasteiger partial charge in [-0.3, -0.25) is 14.2 Å². The molecule has 0 aliphatic rings. The normalized spacial score (nSPS) is 10.9. The van der Waals surface area contributed by atoms with Crippen molar-refractivity contribution in [3.8, 4) is 0 Å². The Hall–Kier alpha value is -2.86. The lowest BCUT2D eigenvalue weighted by Crippen LogP contribution is -2.16. The molecule has 0 saturated carbocycles. The molecule has 0 radical (unpaired) electrons. The molecular weight excluding hydrogens is 334 g/mol. The van der Waals surface area contributed by atoms with Gasteiger partial charge in [-0.25, -0.2) is 4.79 Å². The number of oxazole rings is 1. The molecule has 0 bridgehead atoms. The fraction of sp³-hybridized carbons (Fsp3) is 0.118. The zero-order chi connectivity index (χ0) is 17.3. The highest BCUT2D eigenvalue weighted by Crippen LogP contribution is 2.22. The predicted molar refractivity (Wildman–Crippen MR) is 87.6 cm³/mol. The molecule has 122 valence electrons. The molecule has 6 nitrogen and oxygen atoms in total. The van der Waals surface area contributed by atoms with E-state index in [2.05, 4.69) is 0 Å². The van der Waals surface area contributed by atoms with Gasteiger partial charge >= 0.3 is 11.7 Å². The second kappa shape index (κ2) is 6.33. The molecule has 0 spiro atoms. The first-order valence-corrected chi connectivity index (χ1v) is 7.49. The van der Waals surface area contributed by atoms with E-state index in [-0.39, 0.29) is 24.3 Å². The third-order valence-corrected chi connectivity index (χ3v) is 3.93. The number of hydrogen-bond donors (Lipinski definition) is 1. The van der Waals surface area contributed by atoms with Crippen molar-refractivity contribution in [2.75, 3.05) is 0 Å². The summed E-state index contributed by atoms with van der Waals surface area (Å²) in [5.74, 6) is -1.96. The monoisotopic (exact) mass is 345 g/mol. The largest absolute Gasteiger partial charge is 0.481 e. The molecule has 3 aromatic rings. The number of fused-ring (bicyclic) bond motifs is 1. The molecule has 1 N–H and O–H groups in total. The maximum absolute atomic E-state index is 12.5. The molecule has 2 aromatic carbocycles. The van der Waals surface area contributed by atoms with Gasteiger partial charge in [-0.05, 0) is 30.3 Å². The van der Waals surface area contributed by atoms with Crippen molar-refractivity contribution >= 4 is 34.5 Å². The highest BCUT2D eigenvalue weighted by atomic mass is 35.5. The molecule has 1 aromatic heterocycles. The summed E-state index contributed by atoms with van der Waals surface area (Å²) in [5, 5.41) is 9.08. The summed E-state index contributed by atoms with van der Waals surface area (Å²) in [7, 11) is 0. The fourth-order valence-corrected chi connectivity index (χ4v) is 2.65. The Bertz CT molecular complexity index is 1000. The number of carboxylic acids is 1. The van der Waals surface area contributed by atoms with E-state index in [1.807, 2.05) is 0 Å². The number of benzene rings is 2. The molecule has 7 heteroatoms. The van der Waals surface area contributed by atoms with Crippen molar-refractivity contribution < 1.29 is 19.1 Å². The maximum Gasteiger partial charge on any atom is 0.419 e. The maximum atomic E-state index is 12.5. The van der Waals surface area contributed by atoms with Crippen LogP contribution < -0.4 is 5.76 Å². The minimum atomic E-state index is -1.01. The second-order valence-electron chi connectivity index (χ2n) is 5.15. The SMILES string of the molecule is O=C(O)CCn1c(=O)oc2cc(C(=O)c3ccccc3Cl)ccc21. The molecular formula is C17H12ClNO5. The first kappa shape index (κ1) is 16.0. The Morgan fingerprint density at radius 1 is 1.17 bits per heavy atom. The first-order chi connectivity index (χ1) is 11.5. The number of aliphatic carboxylic acids is 1. The summed E-state index contributed by atoms with van der Waals surface area (Å²) in [4.78, 5) is 35.1. The van der Waals surface area contributed by atoms with Crippen LogP contribution in [0.25, 0.3) is 11.1 Å². The summed E-state index contributed by atoms with van der Waals surface area (Å²) in [6.45, 7) is -0.00102. The molecule has 0 unspecified atom stereocenters. The number of rotatable bonds is 5. The van der Waals surface area contributed by atoms with Crippen molar-refractivity contribution in [3.63, 3.8) is 0 Å². The minimum absolute atomic E-state index is 0.00102. The Morgan fingerprint density at radius 2 is 1.92 bits per heavy atom. The number of nitrogens with zero attached hydrogens (tertiary/aromatic N) is 1. The predicted octanol–water partition coefficient (Wildman–Crippen LogP) is 2.95. The van der Waals surface area contributed by atoms with Crippen LogP contribution in [0.4, 0.5) is 0 Å². The zero-order valence-electron chi connectivity index (χ0n) is 12.4. The lowest BCUT2D eigenvalue weighted by atomic mass is 10.0. The number of carbonyl (C=O) groups excluding carboxylic acids is 1. The Kier molecular flexibility index (Phi) is 4.22. The van der Waals surface area contributed by atoms with E-state index in [1.165, 1.54) is 10.6 Å². The third-order valence-electron chi connectivity index (χ3n) is 3.60. The number of hydrogen-bond acceptors (Lipinski definition) is 4. The molecule has 0 aliphatic heterocycles. The summed E-state index contributed by atoms with van der Waals surface area (Å²) in [6, 6.07) is 11.2. The number of aromatic nitrogens is 1. The molecule has 24 heavy (non-hydrogen) atoms. The van der Waals surface area contributed by atoms with Gasteiger partial charge in [0.1, 0.15) is 0 Å². The topological polar surface area (TPSA) is 89.5 Å². The smallest absolute Gasteiger partial charge is 0.419 e. The lowest BCUT2D eigenvalue weighted by molar-refractivity contribution is -0.137. The van der Waals surface area contributed by atoms with Gasteiger partial charge < -0.3 is 9.52 Å². The van der Waals surface area contributed by atoms with Gasteiger partial charge in [0.2, 0.25) is 0 Å². The van der Waals surface area contributed by atoms with Gasteiger partial charge in [-0.2, -0.15) is 0 Å². The van der Waals surface area contributed by atoms with Crippen LogP contribution in [-0.2, 0) is 11.3 Å². The Balaban J connectivity index is 2.01. The van der Waals surface area contributed by atoms with E-state index in [9.17, 15) is 14.4 Å². The third kappa shape index (κ3) is 2.96. The van der Waals surface area contributed by atoms with Gasteiger partial charge in [0.15, 0.2) is 11.4 Å². The highest BCUT2D eigenvalue weighted by Gasteiger charge is 2.16. The average Bonchev–Trinajstić information content (AvgIpc) is 2.87. The summed E-state index contributed by atoms with van der Waals surface area (Å²) < 4.78 is 6.35. The van der Waals surface area contributed by atoms with E-state index in [4.69, 9.17) is 21.1 Å². The van der Waals surface area contributed by atoms with Gasteiger partial charge in [-0.15, -0.1) is 0 Å². The molecule has 1 heterocycles. The Morgan fingerprint density at radius 3 is 2.62 bits per heavy atom. The van der Waals surface area contributed by atoms with Crippen molar-refractivity contribution in [2.45, 2.75) is 13.0 Å². The van der Waals surface area contributed by atoms with Crippen LogP contribution in [-0.4, -0.2) is 21.4 Å². The average molecular weight is 346 g/mol. The van der Waals surface area contributed by atoms with Crippen molar-refractivity contribution in [3.05, 3.63) is 69.2 Å². The highest BCUT2D eigenvalue weighted by molar-refractivity contribution is 6.35. The van der Waals surface area contributed by atoms with Crippen LogP contribution in [0.1, 0.15) is 22.3 Å². The van der Waals surface area contributed by atoms with Crippen LogP contribution in [0.5, 0.6) is 0 Å². The lowest BCUT2D eigenvalue weighted by Gasteiger charge is -2.04. The molecule has 0 aliphatic carbocycles. The van der Waals surface area contributed by atoms with Crippen molar-refractivity contribution in [1.82, 2.24) is 4.57 Å². The molecule has 0 saturated heterocycles. The molecule has 0 amide bonds. The zero-order valence-corrected chi connectivity index (χ0v) is 13.1. The molecule has 0 atom stereocenters. The molecule has 0 fully saturated rings. The van der Waals surface area contributed by atoms with E-state index in [1.54, 1.807) is 36.4 Å². The standard InChI is InChI=1S/C17H12ClNO5/c18-12-4-2-1-3-11(12)16(22)10-5-6-13-14(9-10)24-17(23)19(13)8-7-15(20)21/h1-6,9H,7-8H2,(H,20,21). The quantitative estimate of drug-likeness (QED) is 0.718. The van der Waals surface area contributed by atoms with E-state index < -0.39 is 11.7 Å². The number of carboxylic acid groups (broad SMARTS) is 1. The van der Waals surface area contributed by atoms with Crippen LogP contribution in [0, 0.1) is 0 Å². The first-order valence-electron chi connectivity index (χ1n) is 7.12. The van der Waals surface area contributed by atoms with E-state index >= 15 is 0 Å². The van der Waals surface area contributed by atoms with Gasteiger partial charge in [0.05, 0.1) is 17.0 Å². The summed E-state index contributed by atoms with van der Waals surface area (Å²) >= 11 is 6.03. The van der Waals surface area contributed by atoms with Gasteiger partial charge in [-0.1, -0.05) is 23.7 Å². The van der Waals surface area contributed by atoms with E-state index in [0.29, 0.717) is 21.7 Å². The number of ketones is 1. The Labute approximate surface area is 140 Å². The number of halogens is 1. The number of carbonyl (C=O) groups is 2. The number of aryl methyl sites for hydroxylation is 1. The van der Waals surface area contributed by atoms with Crippen LogP contribution in [0.15, 0.2) is 51.7 Å².